The summed E-state index contributed by atoms with van der Waals surface area (Å²) in [4.78, 5) is 19.2. The van der Waals surface area contributed by atoms with E-state index in [1.54, 1.807) is 4.52 Å². The topological polar surface area (TPSA) is 62.5 Å². The minimum atomic E-state index is 0.224. The van der Waals surface area contributed by atoms with Gasteiger partial charge in [0.1, 0.15) is 5.82 Å². The highest BCUT2D eigenvalue weighted by molar-refractivity contribution is 5.79. The van der Waals surface area contributed by atoms with E-state index in [-0.39, 0.29) is 17.4 Å². The normalized spacial score (nSPS) is 17.3. The van der Waals surface area contributed by atoms with Crippen molar-refractivity contribution >= 4 is 17.4 Å². The van der Waals surface area contributed by atoms with Gasteiger partial charge >= 0.3 is 0 Å². The summed E-state index contributed by atoms with van der Waals surface area (Å²) in [7, 11) is 0. The van der Waals surface area contributed by atoms with Gasteiger partial charge in [-0.25, -0.2) is 9.50 Å². The molecule has 0 unspecified atom stereocenters. The van der Waals surface area contributed by atoms with Crippen molar-refractivity contribution in [2.24, 2.45) is 5.41 Å². The minimum absolute atomic E-state index is 0.224. The maximum Gasteiger partial charge on any atom is 0.222 e. The molecule has 6 heteroatoms. The van der Waals surface area contributed by atoms with Crippen LogP contribution in [0.5, 0.6) is 0 Å². The third kappa shape index (κ3) is 4.42. The van der Waals surface area contributed by atoms with Crippen LogP contribution in [0.15, 0.2) is 48.8 Å². The number of amides is 1. The van der Waals surface area contributed by atoms with Gasteiger partial charge < -0.3 is 10.2 Å². The van der Waals surface area contributed by atoms with Crippen molar-refractivity contribution in [1.82, 2.24) is 19.5 Å². The third-order valence-electron chi connectivity index (χ3n) is 5.53. The number of nitrogens with one attached hydrogen (secondary N) is 1. The quantitative estimate of drug-likeness (QED) is 0.683. The van der Waals surface area contributed by atoms with Gasteiger partial charge in [-0.2, -0.15) is 5.10 Å². The Morgan fingerprint density at radius 1 is 1.17 bits per heavy atom. The summed E-state index contributed by atoms with van der Waals surface area (Å²) in [5, 5.41) is 7.87. The molecule has 29 heavy (non-hydrogen) atoms. The molecule has 1 aliphatic rings. The van der Waals surface area contributed by atoms with E-state index in [4.69, 9.17) is 4.98 Å². The SMILES string of the molecule is CC(C)(C)CCN1C(=O)CC[C@H]1CNc1ccn2ncc(-c3ccccc3)c2n1. The van der Waals surface area contributed by atoms with E-state index in [2.05, 4.69) is 43.3 Å². The fraction of sp³-hybridized carbons (Fsp3) is 0.435. The molecule has 1 N–H and O–H groups in total. The Morgan fingerprint density at radius 3 is 2.72 bits per heavy atom. The predicted octanol–water partition coefficient (Wildman–Crippen LogP) is 4.24. The van der Waals surface area contributed by atoms with Gasteiger partial charge in [0.15, 0.2) is 5.65 Å². The summed E-state index contributed by atoms with van der Waals surface area (Å²) in [6.07, 6.45) is 6.33. The van der Waals surface area contributed by atoms with E-state index in [1.807, 2.05) is 41.6 Å². The lowest BCUT2D eigenvalue weighted by molar-refractivity contribution is -0.129. The molecule has 1 fully saturated rings. The first-order valence-corrected chi connectivity index (χ1v) is 10.3. The van der Waals surface area contributed by atoms with Gasteiger partial charge in [0.05, 0.1) is 6.20 Å². The fourth-order valence-corrected chi connectivity index (χ4v) is 3.78. The lowest BCUT2D eigenvalue weighted by atomic mass is 9.92. The summed E-state index contributed by atoms with van der Waals surface area (Å²) < 4.78 is 1.79. The highest BCUT2D eigenvalue weighted by Gasteiger charge is 2.31. The number of fused-ring (bicyclic) bond motifs is 1. The average Bonchev–Trinajstić information content (AvgIpc) is 3.27. The number of rotatable bonds is 6. The molecule has 0 aliphatic carbocycles. The summed E-state index contributed by atoms with van der Waals surface area (Å²) in [5.74, 6) is 1.08. The largest absolute Gasteiger partial charge is 0.368 e. The number of likely N-dealkylation sites (tertiary alicyclic amines) is 1. The van der Waals surface area contributed by atoms with Crippen LogP contribution in [-0.4, -0.2) is 44.5 Å². The molecule has 1 aromatic carbocycles. The fourth-order valence-electron chi connectivity index (χ4n) is 3.78. The van der Waals surface area contributed by atoms with Crippen LogP contribution in [0.1, 0.15) is 40.0 Å². The van der Waals surface area contributed by atoms with Gasteiger partial charge in [0, 0.05) is 37.3 Å². The van der Waals surface area contributed by atoms with Gasteiger partial charge in [0.25, 0.3) is 0 Å². The van der Waals surface area contributed by atoms with Crippen molar-refractivity contribution in [2.75, 3.05) is 18.4 Å². The van der Waals surface area contributed by atoms with Crippen LogP contribution in [0.2, 0.25) is 0 Å². The van der Waals surface area contributed by atoms with Gasteiger partial charge in [-0.15, -0.1) is 0 Å². The molecule has 1 aliphatic heterocycles. The van der Waals surface area contributed by atoms with Gasteiger partial charge in [-0.1, -0.05) is 51.1 Å². The highest BCUT2D eigenvalue weighted by atomic mass is 16.2. The van der Waals surface area contributed by atoms with E-state index < -0.39 is 0 Å². The predicted molar refractivity (Wildman–Crippen MR) is 116 cm³/mol. The summed E-state index contributed by atoms with van der Waals surface area (Å²) in [6, 6.07) is 12.3. The molecule has 0 saturated carbocycles. The molecule has 3 heterocycles. The van der Waals surface area contributed by atoms with Crippen molar-refractivity contribution in [3.63, 3.8) is 0 Å². The Labute approximate surface area is 171 Å². The first kappa shape index (κ1) is 19.4. The molecule has 4 rings (SSSR count). The summed E-state index contributed by atoms with van der Waals surface area (Å²) in [5.41, 5.74) is 3.16. The number of hydrogen-bond acceptors (Lipinski definition) is 4. The maximum absolute atomic E-state index is 12.3. The first-order valence-electron chi connectivity index (χ1n) is 10.3. The van der Waals surface area contributed by atoms with Crippen LogP contribution in [0.25, 0.3) is 16.8 Å². The maximum atomic E-state index is 12.3. The molecule has 1 atom stereocenters. The number of hydrogen-bond donors (Lipinski definition) is 1. The smallest absolute Gasteiger partial charge is 0.222 e. The molecule has 152 valence electrons. The molecule has 0 spiro atoms. The van der Waals surface area contributed by atoms with Gasteiger partial charge in [-0.05, 0) is 29.9 Å². The second-order valence-electron chi connectivity index (χ2n) is 8.98. The minimum Gasteiger partial charge on any atom is -0.368 e. The van der Waals surface area contributed by atoms with Gasteiger partial charge in [-0.3, -0.25) is 4.79 Å². The van der Waals surface area contributed by atoms with Crippen molar-refractivity contribution in [2.45, 2.75) is 46.1 Å². The zero-order valence-electron chi connectivity index (χ0n) is 17.4. The Balaban J connectivity index is 1.47. The average molecular weight is 392 g/mol. The second-order valence-corrected chi connectivity index (χ2v) is 8.98. The molecule has 6 nitrogen and oxygen atoms in total. The Kier molecular flexibility index (Phi) is 5.26. The number of anilines is 1. The van der Waals surface area contributed by atoms with Gasteiger partial charge in [0.2, 0.25) is 5.91 Å². The molecular weight excluding hydrogens is 362 g/mol. The van der Waals surface area contributed by atoms with Crippen LogP contribution >= 0.6 is 0 Å². The Hall–Kier alpha value is -2.89. The molecule has 3 aromatic rings. The summed E-state index contributed by atoms with van der Waals surface area (Å²) in [6.45, 7) is 8.19. The number of aromatic nitrogens is 3. The lowest BCUT2D eigenvalue weighted by Crippen LogP contribution is -2.39. The van der Waals surface area contributed by atoms with Crippen molar-refractivity contribution in [1.29, 1.82) is 0 Å². The first-order chi connectivity index (χ1) is 13.9. The van der Waals surface area contributed by atoms with E-state index in [9.17, 15) is 4.79 Å². The monoisotopic (exact) mass is 391 g/mol. The number of nitrogens with zero attached hydrogens (tertiary/aromatic N) is 4. The zero-order valence-corrected chi connectivity index (χ0v) is 17.4. The molecule has 2 aromatic heterocycles. The van der Waals surface area contributed by atoms with E-state index in [0.29, 0.717) is 13.0 Å². The highest BCUT2D eigenvalue weighted by Crippen LogP contribution is 2.26. The zero-order chi connectivity index (χ0) is 20.4. The summed E-state index contributed by atoms with van der Waals surface area (Å²) >= 11 is 0. The van der Waals surface area contributed by atoms with Crippen molar-refractivity contribution < 1.29 is 4.79 Å². The van der Waals surface area contributed by atoms with Crippen molar-refractivity contribution in [3.05, 3.63) is 48.8 Å². The van der Waals surface area contributed by atoms with E-state index in [1.165, 1.54) is 0 Å². The van der Waals surface area contributed by atoms with Crippen LogP contribution in [-0.2, 0) is 4.79 Å². The van der Waals surface area contributed by atoms with Crippen LogP contribution in [0.4, 0.5) is 5.82 Å². The lowest BCUT2D eigenvalue weighted by Gasteiger charge is -2.28. The standard InChI is InChI=1S/C23H29N5O/c1-23(2,3)12-14-27-18(9-10-21(27)29)15-24-20-11-13-28-22(26-20)19(16-25-28)17-7-5-4-6-8-17/h4-8,11,13,16,18H,9-10,12,14-15H2,1-3H3,(H,24,26)/t18-/m0/s1. The van der Waals surface area contributed by atoms with Crippen LogP contribution < -0.4 is 5.32 Å². The molecule has 1 amide bonds. The van der Waals surface area contributed by atoms with E-state index >= 15 is 0 Å². The van der Waals surface area contributed by atoms with Crippen molar-refractivity contribution in [3.8, 4) is 11.1 Å². The Bertz CT molecular complexity index is 989. The van der Waals surface area contributed by atoms with E-state index in [0.717, 1.165) is 42.0 Å². The second kappa shape index (κ2) is 7.85. The molecular formula is C23H29N5O. The molecule has 0 radical (unpaired) electrons. The number of carbonyl (C=O) groups excluding carboxylic acids is 1. The molecule has 1 saturated heterocycles. The third-order valence-corrected chi connectivity index (χ3v) is 5.53. The number of benzene rings is 1. The Morgan fingerprint density at radius 2 is 1.97 bits per heavy atom. The number of carbonyl (C=O) groups is 1. The molecule has 0 bridgehead atoms. The van der Waals surface area contributed by atoms with Crippen LogP contribution in [0.3, 0.4) is 0 Å². The van der Waals surface area contributed by atoms with Crippen LogP contribution in [0, 0.1) is 5.41 Å².